The molecule has 2 aromatic carbocycles. The van der Waals surface area contributed by atoms with E-state index in [9.17, 15) is 8.42 Å². The molecule has 0 saturated heterocycles. The molecule has 0 aliphatic carbocycles. The van der Waals surface area contributed by atoms with Gasteiger partial charge in [-0.2, -0.15) is 0 Å². The fraction of sp³-hybridized carbons (Fsp3) is 0.286. The van der Waals surface area contributed by atoms with E-state index in [1.54, 1.807) is 6.92 Å². The zero-order valence-electron chi connectivity index (χ0n) is 10.7. The second kappa shape index (κ2) is 5.92. The molecule has 0 heterocycles. The van der Waals surface area contributed by atoms with Crippen LogP contribution in [0.25, 0.3) is 10.8 Å². The van der Waals surface area contributed by atoms with E-state index in [4.69, 9.17) is 0 Å². The number of hydrogen-bond donors (Lipinski definition) is 1. The Kier molecular flexibility index (Phi) is 4.47. The van der Waals surface area contributed by atoms with Crippen molar-refractivity contribution in [1.82, 2.24) is 0 Å². The molecule has 0 saturated carbocycles. The Balaban J connectivity index is 2.08. The molecule has 2 rings (SSSR count). The first-order valence-electron chi connectivity index (χ1n) is 6.14. The van der Waals surface area contributed by atoms with Crippen molar-refractivity contribution in [1.29, 1.82) is 0 Å². The van der Waals surface area contributed by atoms with Gasteiger partial charge in [-0.1, -0.05) is 35.0 Å². The summed E-state index contributed by atoms with van der Waals surface area (Å²) in [5.41, 5.74) is 0.945. The number of nitrogens with one attached hydrogen (secondary N) is 1. The highest BCUT2D eigenvalue weighted by Crippen LogP contribution is 2.22. The minimum Gasteiger partial charge on any atom is -0.384 e. The summed E-state index contributed by atoms with van der Waals surface area (Å²) in [4.78, 5) is 0. The highest BCUT2D eigenvalue weighted by atomic mass is 79.9. The van der Waals surface area contributed by atoms with Gasteiger partial charge >= 0.3 is 0 Å². The van der Waals surface area contributed by atoms with E-state index >= 15 is 0 Å². The highest BCUT2D eigenvalue weighted by Gasteiger charge is 2.06. The Labute approximate surface area is 122 Å². The third-order valence-corrected chi connectivity index (χ3v) is 5.18. The van der Waals surface area contributed by atoms with Crippen molar-refractivity contribution in [2.75, 3.05) is 23.4 Å². The molecule has 0 amide bonds. The monoisotopic (exact) mass is 341 g/mol. The number of sulfone groups is 1. The average Bonchev–Trinajstić information content (AvgIpc) is 2.39. The molecular weight excluding hydrogens is 326 g/mol. The first-order valence-corrected chi connectivity index (χ1v) is 8.75. The maximum absolute atomic E-state index is 11.4. The van der Waals surface area contributed by atoms with E-state index in [1.807, 2.05) is 30.3 Å². The number of anilines is 1. The molecule has 0 fully saturated rings. The molecule has 0 bridgehead atoms. The number of benzene rings is 2. The lowest BCUT2D eigenvalue weighted by Gasteiger charge is -2.08. The van der Waals surface area contributed by atoms with Gasteiger partial charge in [-0.3, -0.25) is 0 Å². The van der Waals surface area contributed by atoms with E-state index in [0.29, 0.717) is 6.54 Å². The van der Waals surface area contributed by atoms with Crippen molar-refractivity contribution in [2.24, 2.45) is 0 Å². The van der Waals surface area contributed by atoms with Gasteiger partial charge in [0.2, 0.25) is 0 Å². The Hall–Kier alpha value is -1.07. The Morgan fingerprint density at radius 2 is 1.79 bits per heavy atom. The van der Waals surface area contributed by atoms with E-state index < -0.39 is 9.84 Å². The van der Waals surface area contributed by atoms with Crippen molar-refractivity contribution in [3.05, 3.63) is 40.9 Å². The summed E-state index contributed by atoms with van der Waals surface area (Å²) >= 11 is 3.44. The molecule has 5 heteroatoms. The second-order valence-corrected chi connectivity index (χ2v) is 7.76. The van der Waals surface area contributed by atoms with Crippen molar-refractivity contribution >= 4 is 42.2 Å². The van der Waals surface area contributed by atoms with Crippen LogP contribution in [0.3, 0.4) is 0 Å². The molecule has 0 aromatic heterocycles. The van der Waals surface area contributed by atoms with Crippen LogP contribution in [0.15, 0.2) is 40.9 Å². The lowest BCUT2D eigenvalue weighted by molar-refractivity contribution is 0.597. The summed E-state index contributed by atoms with van der Waals surface area (Å²) in [7, 11) is -2.91. The van der Waals surface area contributed by atoms with E-state index in [2.05, 4.69) is 27.3 Å². The average molecular weight is 342 g/mol. The Morgan fingerprint density at radius 1 is 1.11 bits per heavy atom. The number of fused-ring (bicyclic) bond motifs is 1. The maximum atomic E-state index is 11.4. The van der Waals surface area contributed by atoms with Crippen LogP contribution in [0.2, 0.25) is 0 Å². The molecule has 102 valence electrons. The third-order valence-electron chi connectivity index (χ3n) is 2.98. The van der Waals surface area contributed by atoms with Gasteiger partial charge in [0.25, 0.3) is 0 Å². The molecule has 0 spiro atoms. The first-order chi connectivity index (χ1) is 9.00. The quantitative estimate of drug-likeness (QED) is 0.905. The standard InChI is InChI=1S/C14H16BrNO2S/c1-2-19(17,18)8-7-16-14-6-4-11-9-13(15)5-3-12(11)10-14/h3-6,9-10,16H,2,7-8H2,1H3. The van der Waals surface area contributed by atoms with Crippen LogP contribution in [0, 0.1) is 0 Å². The van der Waals surface area contributed by atoms with Gasteiger partial charge in [-0.05, 0) is 35.0 Å². The van der Waals surface area contributed by atoms with Crippen LogP contribution < -0.4 is 5.32 Å². The molecule has 3 nitrogen and oxygen atoms in total. The first kappa shape index (κ1) is 14.3. The zero-order valence-corrected chi connectivity index (χ0v) is 13.1. The van der Waals surface area contributed by atoms with Gasteiger partial charge in [0.15, 0.2) is 9.84 Å². The van der Waals surface area contributed by atoms with Crippen molar-refractivity contribution in [3.63, 3.8) is 0 Å². The van der Waals surface area contributed by atoms with E-state index in [1.165, 1.54) is 0 Å². The second-order valence-electron chi connectivity index (χ2n) is 4.37. The fourth-order valence-corrected chi connectivity index (χ4v) is 2.90. The van der Waals surface area contributed by atoms with E-state index in [-0.39, 0.29) is 11.5 Å². The third kappa shape index (κ3) is 3.94. The maximum Gasteiger partial charge on any atom is 0.151 e. The molecule has 0 atom stereocenters. The number of hydrogen-bond acceptors (Lipinski definition) is 3. The van der Waals surface area contributed by atoms with Gasteiger partial charge < -0.3 is 5.32 Å². The molecule has 0 aliphatic heterocycles. The number of halogens is 1. The van der Waals surface area contributed by atoms with Crippen molar-refractivity contribution < 1.29 is 8.42 Å². The minimum absolute atomic E-state index is 0.169. The lowest BCUT2D eigenvalue weighted by Crippen LogP contribution is -2.17. The summed E-state index contributed by atoms with van der Waals surface area (Å²) in [5.74, 6) is 0.363. The number of rotatable bonds is 5. The van der Waals surface area contributed by atoms with Crippen LogP contribution in [0.5, 0.6) is 0 Å². The van der Waals surface area contributed by atoms with Crippen molar-refractivity contribution in [3.8, 4) is 0 Å². The molecule has 0 radical (unpaired) electrons. The summed E-state index contributed by atoms with van der Waals surface area (Å²) < 4.78 is 23.8. The highest BCUT2D eigenvalue weighted by molar-refractivity contribution is 9.10. The molecule has 0 aliphatic rings. The molecule has 0 unspecified atom stereocenters. The van der Waals surface area contributed by atoms with Crippen LogP contribution in [-0.4, -0.2) is 26.5 Å². The van der Waals surface area contributed by atoms with E-state index in [0.717, 1.165) is 20.9 Å². The zero-order chi connectivity index (χ0) is 13.9. The Morgan fingerprint density at radius 3 is 2.53 bits per heavy atom. The van der Waals surface area contributed by atoms with Crippen LogP contribution >= 0.6 is 15.9 Å². The van der Waals surface area contributed by atoms with Gasteiger partial charge in [-0.15, -0.1) is 0 Å². The topological polar surface area (TPSA) is 46.2 Å². The predicted molar refractivity (Wildman–Crippen MR) is 84.5 cm³/mol. The molecule has 1 N–H and O–H groups in total. The lowest BCUT2D eigenvalue weighted by atomic mass is 10.1. The van der Waals surface area contributed by atoms with Crippen LogP contribution in [-0.2, 0) is 9.84 Å². The molecular formula is C14H16BrNO2S. The van der Waals surface area contributed by atoms with Gasteiger partial charge in [0, 0.05) is 22.5 Å². The van der Waals surface area contributed by atoms with Gasteiger partial charge in [0.05, 0.1) is 5.75 Å². The van der Waals surface area contributed by atoms with Crippen LogP contribution in [0.4, 0.5) is 5.69 Å². The summed E-state index contributed by atoms with van der Waals surface area (Å²) in [6, 6.07) is 12.1. The fourth-order valence-electron chi connectivity index (χ4n) is 1.82. The smallest absolute Gasteiger partial charge is 0.151 e. The predicted octanol–water partition coefficient (Wildman–Crippen LogP) is 3.45. The minimum atomic E-state index is -2.91. The summed E-state index contributed by atoms with van der Waals surface area (Å²) in [6.45, 7) is 2.11. The largest absolute Gasteiger partial charge is 0.384 e. The van der Waals surface area contributed by atoms with Crippen molar-refractivity contribution in [2.45, 2.75) is 6.92 Å². The SMILES string of the molecule is CCS(=O)(=O)CCNc1ccc2cc(Br)ccc2c1. The van der Waals surface area contributed by atoms with Gasteiger partial charge in [0.1, 0.15) is 0 Å². The molecule has 2 aromatic rings. The summed E-state index contributed by atoms with van der Waals surface area (Å²) in [5, 5.41) is 5.44. The van der Waals surface area contributed by atoms with Crippen LogP contribution in [0.1, 0.15) is 6.92 Å². The normalized spacial score (nSPS) is 11.7. The summed E-state index contributed by atoms with van der Waals surface area (Å²) in [6.07, 6.45) is 0. The van der Waals surface area contributed by atoms with Gasteiger partial charge in [-0.25, -0.2) is 8.42 Å². The molecule has 19 heavy (non-hydrogen) atoms. The Bertz CT molecular complexity index is 683.